The molecule has 3 aromatic carbocycles. The highest BCUT2D eigenvalue weighted by Crippen LogP contribution is 2.41. The smallest absolute Gasteiger partial charge is 0.159 e. The second-order valence-electron chi connectivity index (χ2n) is 6.88. The van der Waals surface area contributed by atoms with E-state index >= 15 is 0 Å². The molecule has 0 unspecified atom stereocenters. The first-order valence-electron chi connectivity index (χ1n) is 8.98. The molecule has 3 aromatic rings. The maximum Gasteiger partial charge on any atom is 0.159 e. The predicted octanol–water partition coefficient (Wildman–Crippen LogP) is 5.83. The van der Waals surface area contributed by atoms with Crippen LogP contribution in [-0.2, 0) is 0 Å². The first-order valence-corrected chi connectivity index (χ1v) is 8.98. The van der Waals surface area contributed by atoms with Crippen LogP contribution in [-0.4, -0.2) is 12.4 Å². The normalized spacial score (nSPS) is 14.4. The molecule has 0 saturated carbocycles. The predicted molar refractivity (Wildman–Crippen MR) is 105 cm³/mol. The minimum absolute atomic E-state index is 0.0185. The molecule has 0 radical (unpaired) electrons. The molecule has 0 spiro atoms. The average Bonchev–Trinajstić information content (AvgIpc) is 3.08. The Kier molecular flexibility index (Phi) is 4.55. The molecule has 4 rings (SSSR count). The van der Waals surface area contributed by atoms with Crippen molar-refractivity contribution in [1.29, 1.82) is 0 Å². The summed E-state index contributed by atoms with van der Waals surface area (Å²) in [5.74, 6) is -0.0273. The van der Waals surface area contributed by atoms with Crippen LogP contribution in [0.15, 0.2) is 60.7 Å². The molecule has 4 heteroatoms. The van der Waals surface area contributed by atoms with Crippen molar-refractivity contribution < 1.29 is 18.3 Å². The van der Waals surface area contributed by atoms with Crippen molar-refractivity contribution in [3.63, 3.8) is 0 Å². The highest BCUT2D eigenvalue weighted by molar-refractivity contribution is 6.02. The molecule has 1 aliphatic rings. The Balaban J connectivity index is 1.96. The highest BCUT2D eigenvalue weighted by atomic mass is 19.1. The van der Waals surface area contributed by atoms with E-state index in [-0.39, 0.29) is 17.4 Å². The van der Waals surface area contributed by atoms with Crippen LogP contribution >= 0.6 is 0 Å². The number of benzene rings is 3. The fourth-order valence-electron chi connectivity index (χ4n) is 3.49. The summed E-state index contributed by atoms with van der Waals surface area (Å²) in [5.41, 5.74) is 5.15. The van der Waals surface area contributed by atoms with E-state index in [1.165, 1.54) is 25.1 Å². The minimum atomic E-state index is -0.344. The van der Waals surface area contributed by atoms with E-state index in [1.807, 2.05) is 12.1 Å². The van der Waals surface area contributed by atoms with Gasteiger partial charge in [0.25, 0.3) is 0 Å². The van der Waals surface area contributed by atoms with Crippen LogP contribution in [0.1, 0.15) is 39.5 Å². The number of fused-ring (bicyclic) bond motifs is 1. The van der Waals surface area contributed by atoms with Gasteiger partial charge in [0.1, 0.15) is 24.0 Å². The second-order valence-corrected chi connectivity index (χ2v) is 6.88. The van der Waals surface area contributed by atoms with Gasteiger partial charge in [-0.25, -0.2) is 8.78 Å². The number of hydrogen-bond donors (Lipinski definition) is 0. The molecule has 1 heterocycles. The zero-order valence-corrected chi connectivity index (χ0v) is 15.6. The van der Waals surface area contributed by atoms with Gasteiger partial charge in [0.05, 0.1) is 0 Å². The van der Waals surface area contributed by atoms with E-state index < -0.39 is 0 Å². The van der Waals surface area contributed by atoms with E-state index in [2.05, 4.69) is 0 Å². The zero-order chi connectivity index (χ0) is 19.8. The molecule has 1 aliphatic heterocycles. The van der Waals surface area contributed by atoms with Gasteiger partial charge in [0, 0.05) is 16.7 Å². The van der Waals surface area contributed by atoms with Gasteiger partial charge in [-0.1, -0.05) is 30.3 Å². The van der Waals surface area contributed by atoms with Gasteiger partial charge < -0.3 is 4.74 Å². The van der Waals surface area contributed by atoms with Gasteiger partial charge in [-0.05, 0) is 66.4 Å². The summed E-state index contributed by atoms with van der Waals surface area (Å²) in [4.78, 5) is 11.6. The van der Waals surface area contributed by atoms with Crippen molar-refractivity contribution in [1.82, 2.24) is 0 Å². The highest BCUT2D eigenvalue weighted by Gasteiger charge is 2.24. The molecule has 0 bridgehead atoms. The van der Waals surface area contributed by atoms with Gasteiger partial charge in [0.15, 0.2) is 5.78 Å². The largest absolute Gasteiger partial charge is 0.488 e. The van der Waals surface area contributed by atoms with Gasteiger partial charge in [-0.2, -0.15) is 0 Å². The van der Waals surface area contributed by atoms with Crippen LogP contribution in [0.2, 0.25) is 0 Å². The quantitative estimate of drug-likeness (QED) is 0.538. The molecule has 0 fully saturated rings. The maximum atomic E-state index is 13.9. The fraction of sp³-hybridized carbons (Fsp3) is 0.125. The standard InChI is InChI=1S/C24H18F2O2/c1-14-11-18(7-9-22(14)26)24(17-5-3-16(4-6-17)15(2)27)21-13-28-23-10-8-19(25)12-20(21)23/h3-12H,13H2,1-2H3/b24-21+. The SMILES string of the molecule is CC(=O)c1ccc(/C(=C2/COc3ccc(F)cc32)c2ccc(F)c(C)c2)cc1. The lowest BCUT2D eigenvalue weighted by Crippen LogP contribution is -1.99. The zero-order valence-electron chi connectivity index (χ0n) is 15.6. The topological polar surface area (TPSA) is 26.3 Å². The third-order valence-corrected chi connectivity index (χ3v) is 4.97. The van der Waals surface area contributed by atoms with Crippen LogP contribution in [0, 0.1) is 18.6 Å². The Bertz CT molecular complexity index is 1110. The number of ether oxygens (including phenoxy) is 1. The summed E-state index contributed by atoms with van der Waals surface area (Å²) in [7, 11) is 0. The van der Waals surface area contributed by atoms with Crippen molar-refractivity contribution in [2.24, 2.45) is 0 Å². The third-order valence-electron chi connectivity index (χ3n) is 4.97. The average molecular weight is 376 g/mol. The molecule has 0 amide bonds. The Morgan fingerprint density at radius 1 is 0.893 bits per heavy atom. The summed E-state index contributed by atoms with van der Waals surface area (Å²) >= 11 is 0. The number of hydrogen-bond acceptors (Lipinski definition) is 2. The van der Waals surface area contributed by atoms with Gasteiger partial charge in [-0.3, -0.25) is 4.79 Å². The molecule has 0 saturated heterocycles. The van der Waals surface area contributed by atoms with E-state index in [4.69, 9.17) is 4.74 Å². The van der Waals surface area contributed by atoms with Crippen molar-refractivity contribution >= 4 is 16.9 Å². The van der Waals surface area contributed by atoms with Crippen LogP contribution in [0.5, 0.6) is 5.75 Å². The van der Waals surface area contributed by atoms with Crippen molar-refractivity contribution in [2.45, 2.75) is 13.8 Å². The maximum absolute atomic E-state index is 13.9. The van der Waals surface area contributed by atoms with Crippen LogP contribution in [0.25, 0.3) is 11.1 Å². The monoisotopic (exact) mass is 376 g/mol. The Hall–Kier alpha value is -3.27. The van der Waals surface area contributed by atoms with E-state index in [1.54, 1.807) is 37.3 Å². The number of ketones is 1. The first-order chi connectivity index (χ1) is 13.4. The number of rotatable bonds is 3. The number of carbonyl (C=O) groups is 1. The first kappa shape index (κ1) is 18.1. The molecular weight excluding hydrogens is 358 g/mol. The van der Waals surface area contributed by atoms with Gasteiger partial charge in [0.2, 0.25) is 0 Å². The molecule has 0 aromatic heterocycles. The summed E-state index contributed by atoms with van der Waals surface area (Å²) in [6.45, 7) is 3.51. The van der Waals surface area contributed by atoms with E-state index in [9.17, 15) is 13.6 Å². The molecule has 2 nitrogen and oxygen atoms in total. The Morgan fingerprint density at radius 2 is 1.57 bits per heavy atom. The number of halogens is 2. The van der Waals surface area contributed by atoms with Gasteiger partial charge in [-0.15, -0.1) is 0 Å². The van der Waals surface area contributed by atoms with Crippen molar-refractivity contribution in [2.75, 3.05) is 6.61 Å². The van der Waals surface area contributed by atoms with Crippen LogP contribution < -0.4 is 4.74 Å². The molecule has 0 N–H and O–H groups in total. The summed E-state index contributed by atoms with van der Waals surface area (Å²) in [5, 5.41) is 0. The number of aryl methyl sites for hydroxylation is 1. The lowest BCUT2D eigenvalue weighted by atomic mass is 9.89. The molecule has 140 valence electrons. The van der Waals surface area contributed by atoms with Crippen molar-refractivity contribution in [3.05, 3.63) is 100 Å². The van der Waals surface area contributed by atoms with Crippen LogP contribution in [0.3, 0.4) is 0 Å². The summed E-state index contributed by atoms with van der Waals surface area (Å²) in [6.07, 6.45) is 0. The van der Waals surface area contributed by atoms with E-state index in [0.717, 1.165) is 22.3 Å². The number of Topliss-reactive ketones (excluding diaryl/α,β-unsaturated/α-hetero) is 1. The summed E-state index contributed by atoms with van der Waals surface area (Å²) in [6, 6.07) is 16.6. The molecular formula is C24H18F2O2. The summed E-state index contributed by atoms with van der Waals surface area (Å²) < 4.78 is 33.5. The Labute approximate surface area is 162 Å². The second kappa shape index (κ2) is 7.04. The molecule has 0 atom stereocenters. The van der Waals surface area contributed by atoms with E-state index in [0.29, 0.717) is 29.0 Å². The van der Waals surface area contributed by atoms with Gasteiger partial charge >= 0.3 is 0 Å². The fourth-order valence-corrected chi connectivity index (χ4v) is 3.49. The third kappa shape index (κ3) is 3.22. The lowest BCUT2D eigenvalue weighted by molar-refractivity contribution is 0.101. The van der Waals surface area contributed by atoms with Crippen molar-refractivity contribution in [3.8, 4) is 5.75 Å². The molecule has 0 aliphatic carbocycles. The molecule has 28 heavy (non-hydrogen) atoms. The Morgan fingerprint density at radius 3 is 2.25 bits per heavy atom. The number of carbonyl (C=O) groups excluding carboxylic acids is 1. The lowest BCUT2D eigenvalue weighted by Gasteiger charge is -2.14. The minimum Gasteiger partial charge on any atom is -0.488 e. The van der Waals surface area contributed by atoms with Crippen LogP contribution in [0.4, 0.5) is 8.78 Å².